The van der Waals surface area contributed by atoms with Crippen molar-refractivity contribution in [3.63, 3.8) is 0 Å². The van der Waals surface area contributed by atoms with E-state index in [0.29, 0.717) is 6.42 Å². The van der Waals surface area contributed by atoms with Gasteiger partial charge in [-0.25, -0.2) is 0 Å². The quantitative estimate of drug-likeness (QED) is 0.0641. The third kappa shape index (κ3) is 54.2. The highest BCUT2D eigenvalue weighted by Gasteiger charge is 1.98. The van der Waals surface area contributed by atoms with Crippen LogP contribution in [0, 0.1) is 0 Å². The molecule has 0 spiro atoms. The van der Waals surface area contributed by atoms with Crippen LogP contribution >= 0.6 is 0 Å². The molecule has 0 atom stereocenters. The van der Waals surface area contributed by atoms with Gasteiger partial charge in [-0.2, -0.15) is 0 Å². The Morgan fingerprint density at radius 2 is 0.360 bits per heavy atom. The van der Waals surface area contributed by atoms with Crippen molar-refractivity contribution in [1.29, 1.82) is 0 Å². The minimum absolute atomic E-state index is 0.346. The summed E-state index contributed by atoms with van der Waals surface area (Å²) in [5.74, 6) is -0.649. The molecule has 0 heterocycles. The second kappa shape index (κ2) is 50.6. The van der Waals surface area contributed by atoms with Crippen LogP contribution in [0.2, 0.25) is 0 Å². The Labute approximate surface area is 318 Å². The summed E-state index contributed by atoms with van der Waals surface area (Å²) < 4.78 is 0. The van der Waals surface area contributed by atoms with Gasteiger partial charge in [-0.1, -0.05) is 290 Å². The van der Waals surface area contributed by atoms with Gasteiger partial charge in [-0.15, -0.1) is 0 Å². The SMILES string of the molecule is CCCCCCCCCCCCCCCCCCCCC.CCCCCCCCCCCCCCCCCCCCCCCCCCC(=O)O. The predicted octanol–water partition coefficient (Wildman–Crippen LogP) is 18.3. The van der Waals surface area contributed by atoms with Crippen LogP contribution in [0.3, 0.4) is 0 Å². The Morgan fingerprint density at radius 3 is 0.480 bits per heavy atom. The first-order valence-corrected chi connectivity index (χ1v) is 23.9. The van der Waals surface area contributed by atoms with Crippen LogP contribution in [0.5, 0.6) is 0 Å². The fourth-order valence-corrected chi connectivity index (χ4v) is 7.39. The molecule has 0 radical (unpaired) electrons. The molecule has 0 amide bonds. The molecule has 302 valence electrons. The highest BCUT2D eigenvalue weighted by atomic mass is 16.4. The summed E-state index contributed by atoms with van der Waals surface area (Å²) in [6.07, 6.45) is 61.4. The molecular weight excluding hydrogens is 609 g/mol. The van der Waals surface area contributed by atoms with Crippen LogP contribution in [0.25, 0.3) is 0 Å². The molecule has 0 saturated carbocycles. The number of aliphatic carboxylic acids is 1. The van der Waals surface area contributed by atoms with Crippen LogP contribution in [-0.2, 0) is 4.79 Å². The topological polar surface area (TPSA) is 37.3 Å². The van der Waals surface area contributed by atoms with E-state index < -0.39 is 5.97 Å². The molecule has 0 unspecified atom stereocenters. The average Bonchev–Trinajstić information content (AvgIpc) is 3.11. The van der Waals surface area contributed by atoms with Gasteiger partial charge in [0.15, 0.2) is 0 Å². The molecule has 2 nitrogen and oxygen atoms in total. The highest BCUT2D eigenvalue weighted by Crippen LogP contribution is 2.17. The Morgan fingerprint density at radius 1 is 0.240 bits per heavy atom. The van der Waals surface area contributed by atoms with E-state index in [4.69, 9.17) is 5.11 Å². The second-order valence-corrected chi connectivity index (χ2v) is 16.3. The van der Waals surface area contributed by atoms with Gasteiger partial charge in [0.2, 0.25) is 0 Å². The zero-order chi connectivity index (χ0) is 36.7. The number of carboxylic acids is 1. The summed E-state index contributed by atoms with van der Waals surface area (Å²) in [5, 5.41) is 8.59. The standard InChI is InChI=1S/C27H54O2.C21H44/c1-2-3-4-5-6-7-8-9-10-11-12-13-14-15-16-17-18-19-20-21-22-23-24-25-26-27(28)29;1-3-5-7-9-11-13-15-17-19-21-20-18-16-14-12-10-8-6-4-2/h2-26H2,1H3,(H,28,29);3-21H2,1-2H3. The van der Waals surface area contributed by atoms with Crippen molar-refractivity contribution in [2.24, 2.45) is 0 Å². The van der Waals surface area contributed by atoms with Crippen LogP contribution in [0.15, 0.2) is 0 Å². The van der Waals surface area contributed by atoms with Crippen molar-refractivity contribution >= 4 is 5.97 Å². The van der Waals surface area contributed by atoms with Crippen molar-refractivity contribution in [2.45, 2.75) is 303 Å². The minimum atomic E-state index is -0.649. The summed E-state index contributed by atoms with van der Waals surface area (Å²) in [7, 11) is 0. The Hall–Kier alpha value is -0.530. The summed E-state index contributed by atoms with van der Waals surface area (Å²) in [5.41, 5.74) is 0. The summed E-state index contributed by atoms with van der Waals surface area (Å²) in [6.45, 7) is 6.89. The van der Waals surface area contributed by atoms with E-state index >= 15 is 0 Å². The molecule has 0 aliphatic rings. The van der Waals surface area contributed by atoms with Gasteiger partial charge < -0.3 is 5.11 Å². The normalized spacial score (nSPS) is 11.2. The number of rotatable bonds is 43. The number of carboxylic acid groups (broad SMARTS) is 1. The Balaban J connectivity index is 0. The minimum Gasteiger partial charge on any atom is -0.481 e. The van der Waals surface area contributed by atoms with Gasteiger partial charge in [0.1, 0.15) is 0 Å². The van der Waals surface area contributed by atoms with Crippen molar-refractivity contribution < 1.29 is 9.90 Å². The van der Waals surface area contributed by atoms with E-state index in [1.165, 1.54) is 263 Å². The molecule has 0 bridgehead atoms. The van der Waals surface area contributed by atoms with E-state index in [1.54, 1.807) is 0 Å². The monoisotopic (exact) mass is 707 g/mol. The maximum atomic E-state index is 10.4. The summed E-state index contributed by atoms with van der Waals surface area (Å²) in [4.78, 5) is 10.4. The molecule has 2 heteroatoms. The lowest BCUT2D eigenvalue weighted by Crippen LogP contribution is -1.93. The number of unbranched alkanes of at least 4 members (excludes halogenated alkanes) is 41. The summed E-state index contributed by atoms with van der Waals surface area (Å²) >= 11 is 0. The fourth-order valence-electron chi connectivity index (χ4n) is 7.39. The van der Waals surface area contributed by atoms with Crippen LogP contribution < -0.4 is 0 Å². The third-order valence-corrected chi connectivity index (χ3v) is 11.0. The van der Waals surface area contributed by atoms with Crippen LogP contribution in [0.4, 0.5) is 0 Å². The van der Waals surface area contributed by atoms with Gasteiger partial charge in [-0.3, -0.25) is 4.79 Å². The van der Waals surface area contributed by atoms with E-state index in [9.17, 15) is 4.79 Å². The second-order valence-electron chi connectivity index (χ2n) is 16.3. The number of hydrogen-bond acceptors (Lipinski definition) is 1. The zero-order valence-corrected chi connectivity index (χ0v) is 35.5. The maximum absolute atomic E-state index is 10.4. The molecule has 0 aromatic heterocycles. The first-order valence-electron chi connectivity index (χ1n) is 23.9. The average molecular weight is 707 g/mol. The van der Waals surface area contributed by atoms with Crippen molar-refractivity contribution in [3.8, 4) is 0 Å². The van der Waals surface area contributed by atoms with Gasteiger partial charge in [-0.05, 0) is 6.42 Å². The lowest BCUT2D eigenvalue weighted by molar-refractivity contribution is -0.137. The van der Waals surface area contributed by atoms with Crippen molar-refractivity contribution in [1.82, 2.24) is 0 Å². The molecule has 0 aromatic rings. The maximum Gasteiger partial charge on any atom is 0.303 e. The van der Waals surface area contributed by atoms with E-state index in [-0.39, 0.29) is 0 Å². The highest BCUT2D eigenvalue weighted by molar-refractivity contribution is 5.66. The van der Waals surface area contributed by atoms with Gasteiger partial charge in [0.25, 0.3) is 0 Å². The molecule has 0 aromatic carbocycles. The van der Waals surface area contributed by atoms with E-state index in [2.05, 4.69) is 20.8 Å². The molecule has 0 saturated heterocycles. The Kier molecular flexibility index (Phi) is 52.2. The largest absolute Gasteiger partial charge is 0.481 e. The van der Waals surface area contributed by atoms with Crippen molar-refractivity contribution in [2.75, 3.05) is 0 Å². The van der Waals surface area contributed by atoms with Crippen LogP contribution in [-0.4, -0.2) is 11.1 Å². The molecule has 1 N–H and O–H groups in total. The van der Waals surface area contributed by atoms with E-state index in [0.717, 1.165) is 12.8 Å². The lowest BCUT2D eigenvalue weighted by Gasteiger charge is -2.04. The predicted molar refractivity (Wildman–Crippen MR) is 228 cm³/mol. The Bertz CT molecular complexity index is 555. The molecule has 0 fully saturated rings. The third-order valence-electron chi connectivity index (χ3n) is 11.0. The lowest BCUT2D eigenvalue weighted by atomic mass is 10.0. The van der Waals surface area contributed by atoms with Gasteiger partial charge >= 0.3 is 5.97 Å². The molecule has 0 rings (SSSR count). The molecule has 50 heavy (non-hydrogen) atoms. The zero-order valence-electron chi connectivity index (χ0n) is 35.5. The van der Waals surface area contributed by atoms with Gasteiger partial charge in [0, 0.05) is 6.42 Å². The number of hydrogen-bond donors (Lipinski definition) is 1. The molecular formula is C48H98O2. The smallest absolute Gasteiger partial charge is 0.303 e. The molecule has 0 aliphatic heterocycles. The first kappa shape index (κ1) is 51.6. The van der Waals surface area contributed by atoms with Crippen molar-refractivity contribution in [3.05, 3.63) is 0 Å². The van der Waals surface area contributed by atoms with E-state index in [1.807, 2.05) is 0 Å². The van der Waals surface area contributed by atoms with Gasteiger partial charge in [0.05, 0.1) is 0 Å². The fraction of sp³-hybridized carbons (Fsp3) is 0.979. The first-order chi connectivity index (χ1) is 24.7. The van der Waals surface area contributed by atoms with Crippen LogP contribution in [0.1, 0.15) is 303 Å². The summed E-state index contributed by atoms with van der Waals surface area (Å²) in [6, 6.07) is 0. The number of carbonyl (C=O) groups is 1. The molecule has 0 aliphatic carbocycles.